The summed E-state index contributed by atoms with van der Waals surface area (Å²) in [5, 5.41) is 0. The second-order valence-corrected chi connectivity index (χ2v) is 3.34. The average Bonchev–Trinajstić information content (AvgIpc) is 2.12. The lowest BCUT2D eigenvalue weighted by Gasteiger charge is -2.20. The van der Waals surface area contributed by atoms with Gasteiger partial charge in [-0.05, 0) is 6.92 Å². The number of allylic oxidation sites excluding steroid dienone is 2. The fourth-order valence-corrected chi connectivity index (χ4v) is 1.60. The molecule has 1 aliphatic carbocycles. The second kappa shape index (κ2) is 3.21. The number of rotatable bonds is 0. The van der Waals surface area contributed by atoms with Crippen LogP contribution in [0.2, 0.25) is 0 Å². The van der Waals surface area contributed by atoms with Crippen LogP contribution in [0.3, 0.4) is 0 Å². The Morgan fingerprint density at radius 3 is 2.92 bits per heavy atom. The SMILES string of the molecule is COC1=NC2C=CC1/C=C(C)\C=C/2. The summed E-state index contributed by atoms with van der Waals surface area (Å²) in [7, 11) is 1.68. The van der Waals surface area contributed by atoms with Crippen molar-refractivity contribution >= 4 is 5.90 Å². The van der Waals surface area contributed by atoms with E-state index in [1.54, 1.807) is 7.11 Å². The fraction of sp³-hybridized carbons (Fsp3) is 0.364. The van der Waals surface area contributed by atoms with Crippen molar-refractivity contribution in [1.82, 2.24) is 0 Å². The molecule has 0 spiro atoms. The molecule has 0 aromatic carbocycles. The summed E-state index contributed by atoms with van der Waals surface area (Å²) in [4.78, 5) is 4.43. The lowest BCUT2D eigenvalue weighted by Crippen LogP contribution is -2.21. The molecule has 3 rings (SSSR count). The molecule has 2 heteroatoms. The van der Waals surface area contributed by atoms with Crippen LogP contribution in [0.1, 0.15) is 6.92 Å². The normalized spacial score (nSPS) is 37.1. The molecule has 2 atom stereocenters. The Morgan fingerprint density at radius 1 is 1.31 bits per heavy atom. The molecule has 0 aromatic heterocycles. The van der Waals surface area contributed by atoms with Crippen LogP contribution in [0.4, 0.5) is 0 Å². The Labute approximate surface area is 78.3 Å². The fourth-order valence-electron chi connectivity index (χ4n) is 1.60. The highest BCUT2D eigenvalue weighted by Gasteiger charge is 2.18. The summed E-state index contributed by atoms with van der Waals surface area (Å²) >= 11 is 0. The highest BCUT2D eigenvalue weighted by molar-refractivity contribution is 5.84. The first kappa shape index (κ1) is 8.30. The Balaban J connectivity index is 2.40. The molecule has 2 nitrogen and oxygen atoms in total. The number of methoxy groups -OCH3 is 1. The number of hydrogen-bond donors (Lipinski definition) is 0. The molecule has 0 fully saturated rings. The molecule has 13 heavy (non-hydrogen) atoms. The van der Waals surface area contributed by atoms with Crippen LogP contribution in [0.25, 0.3) is 0 Å². The highest BCUT2D eigenvalue weighted by Crippen LogP contribution is 2.20. The van der Waals surface area contributed by atoms with Gasteiger partial charge in [-0.15, -0.1) is 0 Å². The van der Waals surface area contributed by atoms with E-state index in [-0.39, 0.29) is 12.0 Å². The van der Waals surface area contributed by atoms with Gasteiger partial charge in [0.25, 0.3) is 0 Å². The van der Waals surface area contributed by atoms with Crippen molar-refractivity contribution in [2.24, 2.45) is 10.9 Å². The molecule has 2 aliphatic heterocycles. The van der Waals surface area contributed by atoms with Crippen molar-refractivity contribution in [3.8, 4) is 0 Å². The van der Waals surface area contributed by atoms with Gasteiger partial charge in [0.1, 0.15) is 0 Å². The van der Waals surface area contributed by atoms with Crippen LogP contribution < -0.4 is 0 Å². The van der Waals surface area contributed by atoms with Gasteiger partial charge in [0.05, 0.1) is 19.1 Å². The van der Waals surface area contributed by atoms with Gasteiger partial charge in [0.15, 0.2) is 5.90 Å². The summed E-state index contributed by atoms with van der Waals surface area (Å²) in [6.07, 6.45) is 10.6. The molecule has 0 amide bonds. The largest absolute Gasteiger partial charge is 0.484 e. The first-order chi connectivity index (χ1) is 6.29. The number of nitrogens with zero attached hydrogens (tertiary/aromatic N) is 1. The minimum atomic E-state index is 0.162. The maximum absolute atomic E-state index is 5.23. The lowest BCUT2D eigenvalue weighted by atomic mass is 9.98. The molecule has 0 radical (unpaired) electrons. The smallest absolute Gasteiger partial charge is 0.194 e. The van der Waals surface area contributed by atoms with E-state index in [0.717, 1.165) is 5.90 Å². The van der Waals surface area contributed by atoms with Crippen molar-refractivity contribution in [1.29, 1.82) is 0 Å². The summed E-state index contributed by atoms with van der Waals surface area (Å²) in [6.45, 7) is 2.10. The Morgan fingerprint density at radius 2 is 2.15 bits per heavy atom. The van der Waals surface area contributed by atoms with Crippen LogP contribution in [0.15, 0.2) is 40.9 Å². The molecular formula is C11H13NO. The van der Waals surface area contributed by atoms with Crippen LogP contribution in [0, 0.1) is 5.92 Å². The van der Waals surface area contributed by atoms with Gasteiger partial charge in [0.2, 0.25) is 0 Å². The van der Waals surface area contributed by atoms with E-state index in [1.807, 2.05) is 0 Å². The van der Waals surface area contributed by atoms with Crippen LogP contribution in [-0.2, 0) is 4.74 Å². The van der Waals surface area contributed by atoms with Gasteiger partial charge in [-0.2, -0.15) is 0 Å². The molecule has 3 aliphatic rings. The summed E-state index contributed by atoms with van der Waals surface area (Å²) in [6, 6.07) is 0.162. The Kier molecular flexibility index (Phi) is 2.05. The maximum atomic E-state index is 5.23. The van der Waals surface area contributed by atoms with E-state index in [9.17, 15) is 0 Å². The van der Waals surface area contributed by atoms with Crippen LogP contribution in [0.5, 0.6) is 0 Å². The third-order valence-corrected chi connectivity index (χ3v) is 2.28. The first-order valence-electron chi connectivity index (χ1n) is 4.46. The van der Waals surface area contributed by atoms with Gasteiger partial charge in [-0.25, -0.2) is 4.99 Å². The van der Waals surface area contributed by atoms with Crippen molar-refractivity contribution in [2.45, 2.75) is 13.0 Å². The Bertz CT molecular complexity index is 323. The quantitative estimate of drug-likeness (QED) is 0.517. The summed E-state index contributed by atoms with van der Waals surface area (Å²) in [5.41, 5.74) is 1.27. The van der Waals surface area contributed by atoms with E-state index in [0.29, 0.717) is 0 Å². The molecule has 68 valence electrons. The van der Waals surface area contributed by atoms with E-state index in [1.165, 1.54) is 5.57 Å². The van der Waals surface area contributed by atoms with Gasteiger partial charge in [-0.1, -0.05) is 36.0 Å². The van der Waals surface area contributed by atoms with Crippen molar-refractivity contribution in [3.63, 3.8) is 0 Å². The third kappa shape index (κ3) is 1.57. The van der Waals surface area contributed by atoms with Gasteiger partial charge in [0, 0.05) is 0 Å². The minimum absolute atomic E-state index is 0.162. The number of dihydropyridines is 1. The van der Waals surface area contributed by atoms with Gasteiger partial charge >= 0.3 is 0 Å². The van der Waals surface area contributed by atoms with Crippen molar-refractivity contribution < 1.29 is 4.74 Å². The van der Waals surface area contributed by atoms with Crippen molar-refractivity contribution in [2.75, 3.05) is 7.11 Å². The summed E-state index contributed by atoms with van der Waals surface area (Å²) in [5.74, 6) is 1.04. The number of hydrogen-bond acceptors (Lipinski definition) is 2. The first-order valence-corrected chi connectivity index (χ1v) is 4.46. The van der Waals surface area contributed by atoms with Crippen LogP contribution >= 0.6 is 0 Å². The zero-order valence-corrected chi connectivity index (χ0v) is 7.90. The van der Waals surface area contributed by atoms with E-state index in [4.69, 9.17) is 4.74 Å². The highest BCUT2D eigenvalue weighted by atomic mass is 16.5. The number of ether oxygens (including phenoxy) is 1. The molecular weight excluding hydrogens is 162 g/mol. The second-order valence-electron chi connectivity index (χ2n) is 3.34. The topological polar surface area (TPSA) is 21.6 Å². The minimum Gasteiger partial charge on any atom is -0.484 e. The zero-order chi connectivity index (χ0) is 9.26. The maximum Gasteiger partial charge on any atom is 0.194 e. The summed E-state index contributed by atoms with van der Waals surface area (Å²) < 4.78 is 5.23. The van der Waals surface area contributed by atoms with Gasteiger partial charge in [-0.3, -0.25) is 0 Å². The Hall–Kier alpha value is -1.31. The monoisotopic (exact) mass is 175 g/mol. The van der Waals surface area contributed by atoms with E-state index >= 15 is 0 Å². The standard InChI is InChI=1S/C11H13NO/c1-8-3-5-10-6-4-9(7-8)11(12-10)13-2/h3-7,9-10H,1-2H3/b5-3-,8-7-. The number of fused-ring (bicyclic) bond motifs is 1. The van der Waals surface area contributed by atoms with E-state index in [2.05, 4.69) is 42.3 Å². The molecule has 0 aromatic rings. The lowest BCUT2D eigenvalue weighted by molar-refractivity contribution is 0.380. The van der Waals surface area contributed by atoms with Crippen molar-refractivity contribution in [3.05, 3.63) is 36.0 Å². The molecule has 2 bridgehead atoms. The number of aliphatic imine (C=N–C) groups is 1. The van der Waals surface area contributed by atoms with Crippen LogP contribution in [-0.4, -0.2) is 19.0 Å². The molecule has 0 saturated heterocycles. The predicted molar refractivity (Wildman–Crippen MR) is 53.8 cm³/mol. The predicted octanol–water partition coefficient (Wildman–Crippen LogP) is 2.10. The molecule has 2 heterocycles. The third-order valence-electron chi connectivity index (χ3n) is 2.28. The molecule has 2 unspecified atom stereocenters. The zero-order valence-electron chi connectivity index (χ0n) is 7.90. The van der Waals surface area contributed by atoms with Gasteiger partial charge < -0.3 is 4.74 Å². The average molecular weight is 175 g/mol. The van der Waals surface area contributed by atoms with E-state index < -0.39 is 0 Å². The molecule has 0 N–H and O–H groups in total. The molecule has 0 saturated carbocycles.